The van der Waals surface area contributed by atoms with E-state index in [0.717, 1.165) is 51.7 Å². The Bertz CT molecular complexity index is 736. The molecule has 25 heavy (non-hydrogen) atoms. The Balaban J connectivity index is 1.64. The van der Waals surface area contributed by atoms with Crippen molar-refractivity contribution >= 4 is 15.9 Å². The van der Waals surface area contributed by atoms with Crippen LogP contribution in [-0.2, 0) is 13.1 Å². The van der Waals surface area contributed by atoms with Crippen LogP contribution in [0.3, 0.4) is 0 Å². The Labute approximate surface area is 156 Å². The van der Waals surface area contributed by atoms with Gasteiger partial charge in [-0.05, 0) is 65.2 Å². The molecule has 0 unspecified atom stereocenters. The van der Waals surface area contributed by atoms with Gasteiger partial charge in [-0.25, -0.2) is 0 Å². The van der Waals surface area contributed by atoms with Crippen molar-refractivity contribution in [1.29, 1.82) is 0 Å². The summed E-state index contributed by atoms with van der Waals surface area (Å²) in [6.45, 7) is 6.88. The van der Waals surface area contributed by atoms with E-state index in [-0.39, 0.29) is 0 Å². The van der Waals surface area contributed by atoms with Crippen molar-refractivity contribution in [3.8, 4) is 23.0 Å². The number of hydrogen-bond donors (Lipinski definition) is 1. The lowest BCUT2D eigenvalue weighted by Gasteiger charge is -2.15. The summed E-state index contributed by atoms with van der Waals surface area (Å²) < 4.78 is 23.0. The first-order chi connectivity index (χ1) is 12.2. The number of nitrogens with one attached hydrogen (secondary N) is 1. The summed E-state index contributed by atoms with van der Waals surface area (Å²) in [4.78, 5) is 0. The Morgan fingerprint density at radius 3 is 2.52 bits per heavy atom. The van der Waals surface area contributed by atoms with Gasteiger partial charge in [0, 0.05) is 13.1 Å². The minimum atomic E-state index is 0.298. The van der Waals surface area contributed by atoms with Gasteiger partial charge in [-0.2, -0.15) is 0 Å². The third kappa shape index (κ3) is 4.38. The van der Waals surface area contributed by atoms with Crippen molar-refractivity contribution in [2.75, 3.05) is 20.0 Å². The van der Waals surface area contributed by atoms with Crippen molar-refractivity contribution < 1.29 is 18.9 Å². The fourth-order valence-corrected chi connectivity index (χ4v) is 3.28. The van der Waals surface area contributed by atoms with Crippen LogP contribution in [0, 0.1) is 0 Å². The van der Waals surface area contributed by atoms with Crippen LogP contribution in [0.1, 0.15) is 25.0 Å². The zero-order valence-electron chi connectivity index (χ0n) is 14.4. The summed E-state index contributed by atoms with van der Waals surface area (Å²) in [5, 5.41) is 3.44. The largest absolute Gasteiger partial charge is 0.490 e. The second-order valence-corrected chi connectivity index (χ2v) is 6.42. The number of fused-ring (bicyclic) bond motifs is 1. The van der Waals surface area contributed by atoms with Gasteiger partial charge in [0.25, 0.3) is 0 Å². The molecular formula is C19H22BrNO4. The van der Waals surface area contributed by atoms with Crippen molar-refractivity contribution in [1.82, 2.24) is 5.32 Å². The molecule has 0 aromatic heterocycles. The molecule has 134 valence electrons. The first-order valence-corrected chi connectivity index (χ1v) is 9.17. The van der Waals surface area contributed by atoms with Gasteiger partial charge in [-0.15, -0.1) is 0 Å². The van der Waals surface area contributed by atoms with Crippen molar-refractivity contribution in [2.24, 2.45) is 0 Å². The molecule has 0 fully saturated rings. The molecule has 0 saturated carbocycles. The summed E-state index contributed by atoms with van der Waals surface area (Å²) in [6.07, 6.45) is 0. The molecule has 0 saturated heterocycles. The molecule has 3 rings (SSSR count). The maximum absolute atomic E-state index is 5.71. The zero-order valence-corrected chi connectivity index (χ0v) is 16.0. The Kier molecular flexibility index (Phi) is 6.04. The van der Waals surface area contributed by atoms with Crippen molar-refractivity contribution in [2.45, 2.75) is 26.9 Å². The average molecular weight is 408 g/mol. The lowest BCUT2D eigenvalue weighted by molar-refractivity contribution is 0.174. The van der Waals surface area contributed by atoms with Gasteiger partial charge in [0.15, 0.2) is 23.0 Å². The topological polar surface area (TPSA) is 49.0 Å². The van der Waals surface area contributed by atoms with Crippen LogP contribution in [0.2, 0.25) is 0 Å². The minimum absolute atomic E-state index is 0.298. The van der Waals surface area contributed by atoms with E-state index in [2.05, 4.69) is 27.3 Å². The molecule has 0 radical (unpaired) electrons. The molecule has 0 spiro atoms. The highest BCUT2D eigenvalue weighted by atomic mass is 79.9. The molecule has 1 heterocycles. The van der Waals surface area contributed by atoms with E-state index >= 15 is 0 Å². The number of halogens is 1. The van der Waals surface area contributed by atoms with Crippen LogP contribution in [0.4, 0.5) is 0 Å². The molecule has 2 aromatic carbocycles. The first kappa shape index (κ1) is 17.9. The summed E-state index contributed by atoms with van der Waals surface area (Å²) >= 11 is 3.58. The fraction of sp³-hybridized carbons (Fsp3) is 0.368. The van der Waals surface area contributed by atoms with Crippen molar-refractivity contribution in [3.05, 3.63) is 45.9 Å². The quantitative estimate of drug-likeness (QED) is 0.707. The van der Waals surface area contributed by atoms with Gasteiger partial charge in [-0.1, -0.05) is 6.07 Å². The summed E-state index contributed by atoms with van der Waals surface area (Å²) in [5.41, 5.74) is 2.28. The monoisotopic (exact) mass is 407 g/mol. The van der Waals surface area contributed by atoms with E-state index in [1.165, 1.54) is 0 Å². The second-order valence-electron chi connectivity index (χ2n) is 5.56. The maximum atomic E-state index is 5.71. The van der Waals surface area contributed by atoms with Crippen LogP contribution in [0.25, 0.3) is 0 Å². The third-order valence-corrected chi connectivity index (χ3v) is 4.34. The Morgan fingerprint density at radius 2 is 1.72 bits per heavy atom. The van der Waals surface area contributed by atoms with Gasteiger partial charge in [-0.3, -0.25) is 0 Å². The molecule has 5 nitrogen and oxygen atoms in total. The standard InChI is InChI=1S/C19H22BrNO4/c1-3-22-18-9-14(7-15(20)19(18)23-4-2)11-21-10-13-5-6-16-17(8-13)25-12-24-16/h5-9,21H,3-4,10-12H2,1-2H3. The summed E-state index contributed by atoms with van der Waals surface area (Å²) in [6, 6.07) is 10.1. The van der Waals surface area contributed by atoms with Crippen LogP contribution in [0.15, 0.2) is 34.8 Å². The van der Waals surface area contributed by atoms with Gasteiger partial charge in [0.05, 0.1) is 17.7 Å². The molecule has 2 aromatic rings. The fourth-order valence-electron chi connectivity index (χ4n) is 2.67. The van der Waals surface area contributed by atoms with E-state index in [1.54, 1.807) is 0 Å². The Morgan fingerprint density at radius 1 is 0.960 bits per heavy atom. The number of benzene rings is 2. The van der Waals surface area contributed by atoms with Gasteiger partial charge < -0.3 is 24.3 Å². The van der Waals surface area contributed by atoms with E-state index in [4.69, 9.17) is 18.9 Å². The molecule has 1 aliphatic heterocycles. The van der Waals surface area contributed by atoms with Gasteiger partial charge in [0.1, 0.15) is 0 Å². The van der Waals surface area contributed by atoms with Crippen LogP contribution in [-0.4, -0.2) is 20.0 Å². The van der Waals surface area contributed by atoms with E-state index in [1.807, 2.05) is 38.1 Å². The zero-order chi connectivity index (χ0) is 17.6. The molecule has 1 aliphatic rings. The molecule has 0 aliphatic carbocycles. The highest BCUT2D eigenvalue weighted by Gasteiger charge is 2.14. The van der Waals surface area contributed by atoms with E-state index < -0.39 is 0 Å². The second kappa shape index (κ2) is 8.45. The summed E-state index contributed by atoms with van der Waals surface area (Å²) in [7, 11) is 0. The normalized spacial score (nSPS) is 12.3. The molecule has 6 heteroatoms. The third-order valence-electron chi connectivity index (χ3n) is 3.75. The smallest absolute Gasteiger partial charge is 0.231 e. The van der Waals surface area contributed by atoms with E-state index in [0.29, 0.717) is 20.0 Å². The number of ether oxygens (including phenoxy) is 4. The predicted molar refractivity (Wildman–Crippen MR) is 99.6 cm³/mol. The predicted octanol–water partition coefficient (Wildman–Crippen LogP) is 4.27. The van der Waals surface area contributed by atoms with E-state index in [9.17, 15) is 0 Å². The van der Waals surface area contributed by atoms with Crippen LogP contribution in [0.5, 0.6) is 23.0 Å². The molecule has 0 atom stereocenters. The lowest BCUT2D eigenvalue weighted by Crippen LogP contribution is -2.13. The van der Waals surface area contributed by atoms with Gasteiger partial charge in [0.2, 0.25) is 6.79 Å². The Hall–Kier alpha value is -1.92. The molecule has 0 bridgehead atoms. The molecule has 1 N–H and O–H groups in total. The van der Waals surface area contributed by atoms with Crippen LogP contribution < -0.4 is 24.3 Å². The lowest BCUT2D eigenvalue weighted by atomic mass is 10.1. The average Bonchev–Trinajstić information content (AvgIpc) is 3.06. The molecular weight excluding hydrogens is 386 g/mol. The number of hydrogen-bond acceptors (Lipinski definition) is 5. The SMILES string of the molecule is CCOc1cc(CNCc2ccc3c(c2)OCO3)cc(Br)c1OCC. The highest BCUT2D eigenvalue weighted by molar-refractivity contribution is 9.10. The summed E-state index contributed by atoms with van der Waals surface area (Å²) in [5.74, 6) is 3.13. The molecule has 0 amide bonds. The minimum Gasteiger partial charge on any atom is -0.490 e. The van der Waals surface area contributed by atoms with Crippen molar-refractivity contribution in [3.63, 3.8) is 0 Å². The van der Waals surface area contributed by atoms with Crippen LogP contribution >= 0.6 is 15.9 Å². The maximum Gasteiger partial charge on any atom is 0.231 e. The highest BCUT2D eigenvalue weighted by Crippen LogP contribution is 2.37. The first-order valence-electron chi connectivity index (χ1n) is 8.38. The van der Waals surface area contributed by atoms with Gasteiger partial charge >= 0.3 is 0 Å². The number of rotatable bonds is 8.